The molecule has 1 atom stereocenters. The summed E-state index contributed by atoms with van der Waals surface area (Å²) >= 11 is 1.90. The molecule has 1 rings (SSSR count). The molecule has 1 aromatic rings. The molecule has 0 saturated heterocycles. The van der Waals surface area contributed by atoms with Crippen LogP contribution in [0.4, 0.5) is 0 Å². The zero-order chi connectivity index (χ0) is 15.3. The Hall–Kier alpha value is -0.340. The van der Waals surface area contributed by atoms with Gasteiger partial charge in [-0.15, -0.1) is 11.3 Å². The second-order valence-electron chi connectivity index (χ2n) is 6.28. The molecular weight excluding hydrogens is 274 g/mol. The molecule has 0 aliphatic heterocycles. The van der Waals surface area contributed by atoms with Crippen molar-refractivity contribution in [2.45, 2.75) is 90.5 Å². The number of nitrogens with one attached hydrogen (secondary N) is 1. The average molecular weight is 310 g/mol. The maximum atomic E-state index is 3.49. The Kier molecular flexibility index (Phi) is 10.9. The Labute approximate surface area is 136 Å². The molecule has 1 heterocycles. The van der Waals surface area contributed by atoms with Crippen molar-refractivity contribution in [3.8, 4) is 0 Å². The molecule has 0 radical (unpaired) electrons. The Morgan fingerprint density at radius 2 is 1.52 bits per heavy atom. The summed E-state index contributed by atoms with van der Waals surface area (Å²) in [6.07, 6.45) is 15.5. The highest BCUT2D eigenvalue weighted by molar-refractivity contribution is 7.10. The van der Waals surface area contributed by atoms with E-state index in [1.54, 1.807) is 0 Å². The van der Waals surface area contributed by atoms with Gasteiger partial charge in [0, 0.05) is 10.9 Å². The average Bonchev–Trinajstić information content (AvgIpc) is 2.91. The van der Waals surface area contributed by atoms with Gasteiger partial charge in [0.1, 0.15) is 0 Å². The van der Waals surface area contributed by atoms with E-state index in [1.165, 1.54) is 81.1 Å². The fraction of sp³-hybridized carbons (Fsp3) is 0.789. The summed E-state index contributed by atoms with van der Waals surface area (Å²) < 4.78 is 0. The fourth-order valence-corrected chi connectivity index (χ4v) is 4.06. The van der Waals surface area contributed by atoms with Crippen molar-refractivity contribution < 1.29 is 0 Å². The maximum Gasteiger partial charge on any atom is 0.0415 e. The third-order valence-electron chi connectivity index (χ3n) is 4.41. The lowest BCUT2D eigenvalue weighted by atomic mass is 10.0. The van der Waals surface area contributed by atoms with Crippen LogP contribution in [0.5, 0.6) is 0 Å². The van der Waals surface area contributed by atoms with Crippen molar-refractivity contribution in [2.75, 3.05) is 7.05 Å². The molecule has 0 spiro atoms. The molecule has 1 N–H and O–H groups in total. The van der Waals surface area contributed by atoms with Crippen LogP contribution in [0.25, 0.3) is 0 Å². The Bertz CT molecular complexity index is 345. The van der Waals surface area contributed by atoms with Crippen LogP contribution in [0, 0.1) is 6.92 Å². The summed E-state index contributed by atoms with van der Waals surface area (Å²) in [4.78, 5) is 1.54. The third kappa shape index (κ3) is 8.01. The van der Waals surface area contributed by atoms with Crippen molar-refractivity contribution >= 4 is 11.3 Å². The number of thiophene rings is 1. The van der Waals surface area contributed by atoms with Crippen LogP contribution in [0.3, 0.4) is 0 Å². The van der Waals surface area contributed by atoms with Gasteiger partial charge in [-0.3, -0.25) is 0 Å². The summed E-state index contributed by atoms with van der Waals surface area (Å²) in [5.74, 6) is 0. The van der Waals surface area contributed by atoms with E-state index in [2.05, 4.69) is 37.7 Å². The van der Waals surface area contributed by atoms with Gasteiger partial charge in [-0.05, 0) is 37.4 Å². The van der Waals surface area contributed by atoms with Crippen molar-refractivity contribution in [3.05, 3.63) is 21.9 Å². The Morgan fingerprint density at radius 3 is 2.00 bits per heavy atom. The van der Waals surface area contributed by atoms with E-state index in [0.29, 0.717) is 6.04 Å². The first-order chi connectivity index (χ1) is 10.3. The Balaban J connectivity index is 1.99. The lowest BCUT2D eigenvalue weighted by Crippen LogP contribution is -2.15. The zero-order valence-electron chi connectivity index (χ0n) is 14.4. The first kappa shape index (κ1) is 18.7. The van der Waals surface area contributed by atoms with Gasteiger partial charge in [-0.1, -0.05) is 71.1 Å². The smallest absolute Gasteiger partial charge is 0.0415 e. The van der Waals surface area contributed by atoms with E-state index in [9.17, 15) is 0 Å². The normalized spacial score (nSPS) is 12.7. The van der Waals surface area contributed by atoms with Crippen LogP contribution >= 0.6 is 11.3 Å². The van der Waals surface area contributed by atoms with Crippen molar-refractivity contribution in [1.82, 2.24) is 5.32 Å². The fourth-order valence-electron chi connectivity index (χ4n) is 2.98. The van der Waals surface area contributed by atoms with Gasteiger partial charge in [0.25, 0.3) is 0 Å². The van der Waals surface area contributed by atoms with E-state index in [0.717, 1.165) is 0 Å². The predicted octanol–water partition coefficient (Wildman–Crippen LogP) is 6.63. The molecule has 0 saturated carbocycles. The number of rotatable bonds is 13. The van der Waals surface area contributed by atoms with Crippen LogP contribution in [0.15, 0.2) is 11.4 Å². The molecule has 0 aromatic carbocycles. The molecule has 1 nitrogen and oxygen atoms in total. The minimum atomic E-state index is 0.569. The quantitative estimate of drug-likeness (QED) is 0.403. The first-order valence-electron chi connectivity index (χ1n) is 9.00. The number of hydrogen-bond donors (Lipinski definition) is 1. The van der Waals surface area contributed by atoms with Crippen LogP contribution in [0.2, 0.25) is 0 Å². The molecule has 0 aliphatic rings. The minimum Gasteiger partial charge on any atom is -0.312 e. The van der Waals surface area contributed by atoms with Gasteiger partial charge in [0.15, 0.2) is 0 Å². The van der Waals surface area contributed by atoms with E-state index in [-0.39, 0.29) is 0 Å². The molecule has 1 aromatic heterocycles. The standard InChI is InChI=1S/C19H35NS/c1-4-5-6-7-8-9-10-11-12-13-14-18(20-3)19-17(2)15-16-21-19/h15-16,18,20H,4-14H2,1-3H3. The van der Waals surface area contributed by atoms with Crippen LogP contribution < -0.4 is 5.32 Å². The molecule has 0 aliphatic carbocycles. The highest BCUT2D eigenvalue weighted by Crippen LogP contribution is 2.27. The molecular formula is C19H35NS. The van der Waals surface area contributed by atoms with Crippen molar-refractivity contribution in [2.24, 2.45) is 0 Å². The molecule has 122 valence electrons. The number of aryl methyl sites for hydroxylation is 1. The van der Waals surface area contributed by atoms with Crippen molar-refractivity contribution in [1.29, 1.82) is 0 Å². The lowest BCUT2D eigenvalue weighted by molar-refractivity contribution is 0.496. The van der Waals surface area contributed by atoms with Gasteiger partial charge in [-0.25, -0.2) is 0 Å². The highest BCUT2D eigenvalue weighted by atomic mass is 32.1. The highest BCUT2D eigenvalue weighted by Gasteiger charge is 2.12. The largest absolute Gasteiger partial charge is 0.312 e. The van der Waals surface area contributed by atoms with Gasteiger partial charge in [-0.2, -0.15) is 0 Å². The van der Waals surface area contributed by atoms with Gasteiger partial charge < -0.3 is 5.32 Å². The van der Waals surface area contributed by atoms with E-state index in [4.69, 9.17) is 0 Å². The summed E-state index contributed by atoms with van der Waals surface area (Å²) in [5.41, 5.74) is 1.45. The summed E-state index contributed by atoms with van der Waals surface area (Å²) in [6, 6.07) is 2.81. The second kappa shape index (κ2) is 12.2. The van der Waals surface area contributed by atoms with E-state index < -0.39 is 0 Å². The Morgan fingerprint density at radius 1 is 0.952 bits per heavy atom. The van der Waals surface area contributed by atoms with E-state index >= 15 is 0 Å². The molecule has 2 heteroatoms. The maximum absolute atomic E-state index is 3.49. The minimum absolute atomic E-state index is 0.569. The predicted molar refractivity (Wildman–Crippen MR) is 97.3 cm³/mol. The SMILES string of the molecule is CCCCCCCCCCCCC(NC)c1sccc1C. The number of unbranched alkanes of at least 4 members (excludes halogenated alkanes) is 9. The molecule has 1 unspecified atom stereocenters. The van der Waals surface area contributed by atoms with Gasteiger partial charge in [0.05, 0.1) is 0 Å². The van der Waals surface area contributed by atoms with Gasteiger partial charge in [0.2, 0.25) is 0 Å². The monoisotopic (exact) mass is 309 g/mol. The lowest BCUT2D eigenvalue weighted by Gasteiger charge is -2.15. The molecule has 0 amide bonds. The zero-order valence-corrected chi connectivity index (χ0v) is 15.2. The van der Waals surface area contributed by atoms with E-state index in [1.807, 2.05) is 11.3 Å². The van der Waals surface area contributed by atoms with Gasteiger partial charge >= 0.3 is 0 Å². The van der Waals surface area contributed by atoms with Crippen LogP contribution in [0.1, 0.15) is 94.0 Å². The molecule has 0 fully saturated rings. The van der Waals surface area contributed by atoms with Crippen molar-refractivity contribution in [3.63, 3.8) is 0 Å². The third-order valence-corrected chi connectivity index (χ3v) is 5.55. The van der Waals surface area contributed by atoms with Crippen LogP contribution in [-0.2, 0) is 0 Å². The number of hydrogen-bond acceptors (Lipinski definition) is 2. The topological polar surface area (TPSA) is 12.0 Å². The molecule has 21 heavy (non-hydrogen) atoms. The second-order valence-corrected chi connectivity index (χ2v) is 7.23. The summed E-state index contributed by atoms with van der Waals surface area (Å²) in [5, 5.41) is 5.70. The first-order valence-corrected chi connectivity index (χ1v) is 9.88. The van der Waals surface area contributed by atoms with Crippen LogP contribution in [-0.4, -0.2) is 7.05 Å². The summed E-state index contributed by atoms with van der Waals surface area (Å²) in [7, 11) is 2.10. The summed E-state index contributed by atoms with van der Waals surface area (Å²) in [6.45, 7) is 4.52. The molecule has 0 bridgehead atoms.